The van der Waals surface area contributed by atoms with Gasteiger partial charge in [-0.3, -0.25) is 4.79 Å². The number of pyridine rings is 1. The maximum Gasteiger partial charge on any atom is 0.341 e. The van der Waals surface area contributed by atoms with Crippen LogP contribution in [0, 0.1) is 11.8 Å². The quantitative estimate of drug-likeness (QED) is 0.539. The van der Waals surface area contributed by atoms with Crippen molar-refractivity contribution >= 4 is 39.6 Å². The zero-order valence-electron chi connectivity index (χ0n) is 18.6. The van der Waals surface area contributed by atoms with Crippen LogP contribution in [-0.4, -0.2) is 40.2 Å². The average molecular weight is 472 g/mol. The summed E-state index contributed by atoms with van der Waals surface area (Å²) in [6, 6.07) is 5.56. The van der Waals surface area contributed by atoms with Gasteiger partial charge in [0.05, 0.1) is 12.2 Å². The summed E-state index contributed by atoms with van der Waals surface area (Å²) < 4.78 is 7.33. The molecule has 2 bridgehead atoms. The van der Waals surface area contributed by atoms with Crippen molar-refractivity contribution in [3.63, 3.8) is 0 Å². The molecule has 3 aliphatic rings. The summed E-state index contributed by atoms with van der Waals surface area (Å²) in [5.41, 5.74) is 3.01. The van der Waals surface area contributed by atoms with E-state index in [2.05, 4.69) is 23.2 Å². The Kier molecular flexibility index (Phi) is 5.84. The Labute approximate surface area is 197 Å². The minimum absolute atomic E-state index is 0.0869. The zero-order valence-corrected chi connectivity index (χ0v) is 20.2. The molecule has 3 atom stereocenters. The van der Waals surface area contributed by atoms with Crippen molar-refractivity contribution in [3.05, 3.63) is 50.3 Å². The molecule has 8 heteroatoms. The fourth-order valence-corrected chi connectivity index (χ4v) is 7.21. The maximum atomic E-state index is 12.8. The summed E-state index contributed by atoms with van der Waals surface area (Å²) in [7, 11) is 0. The van der Waals surface area contributed by atoms with Gasteiger partial charge in [-0.15, -0.1) is 11.3 Å². The first kappa shape index (κ1) is 21.6. The van der Waals surface area contributed by atoms with Crippen LogP contribution in [0.2, 0.25) is 0 Å². The first-order valence-electron chi connectivity index (χ1n) is 11.5. The standard InChI is InChI=1S/C24H29N3O3S2/c1-3-30-23(29)21-17-8-7-14(2)9-19(17)32-22(21)25-24(31)26-11-15-10-16(13-26)18-5-4-6-20(28)27(18)12-15/h4-6,14-16H,3,7-13H2,1-2H3,(H,25,31)/t14-,15+,16-/m1/s1. The molecule has 2 aromatic rings. The van der Waals surface area contributed by atoms with E-state index in [1.807, 2.05) is 17.6 Å². The third-order valence-electron chi connectivity index (χ3n) is 6.98. The van der Waals surface area contributed by atoms with E-state index in [-0.39, 0.29) is 17.4 Å². The summed E-state index contributed by atoms with van der Waals surface area (Å²) >= 11 is 7.49. The van der Waals surface area contributed by atoms with Gasteiger partial charge < -0.3 is 19.5 Å². The topological polar surface area (TPSA) is 63.6 Å². The highest BCUT2D eigenvalue weighted by atomic mass is 32.1. The van der Waals surface area contributed by atoms with Gasteiger partial charge in [-0.1, -0.05) is 13.0 Å². The Bertz CT molecular complexity index is 1120. The van der Waals surface area contributed by atoms with E-state index < -0.39 is 0 Å². The summed E-state index contributed by atoms with van der Waals surface area (Å²) in [5, 5.41) is 4.90. The molecule has 0 unspecified atom stereocenters. The molecule has 0 spiro atoms. The maximum absolute atomic E-state index is 12.8. The zero-order chi connectivity index (χ0) is 22.4. The Morgan fingerprint density at radius 1 is 1.31 bits per heavy atom. The predicted molar refractivity (Wildman–Crippen MR) is 131 cm³/mol. The van der Waals surface area contributed by atoms with Crippen molar-refractivity contribution in [1.82, 2.24) is 9.47 Å². The number of carbonyl (C=O) groups excluding carboxylic acids is 1. The van der Waals surface area contributed by atoms with E-state index in [4.69, 9.17) is 17.0 Å². The second-order valence-electron chi connectivity index (χ2n) is 9.31. The molecule has 1 aliphatic carbocycles. The predicted octanol–water partition coefficient (Wildman–Crippen LogP) is 4.03. The number of piperidine rings is 1. The number of hydrogen-bond acceptors (Lipinski definition) is 5. The second kappa shape index (κ2) is 8.63. The number of thiocarbonyl (C=S) groups is 1. The van der Waals surface area contributed by atoms with Crippen LogP contribution in [0.3, 0.4) is 0 Å². The van der Waals surface area contributed by atoms with Crippen LogP contribution in [0.5, 0.6) is 0 Å². The van der Waals surface area contributed by atoms with Crippen molar-refractivity contribution < 1.29 is 9.53 Å². The van der Waals surface area contributed by atoms with Crippen LogP contribution >= 0.6 is 23.6 Å². The fraction of sp³-hybridized carbons (Fsp3) is 0.542. The first-order valence-corrected chi connectivity index (χ1v) is 12.7. The number of ether oxygens (including phenoxy) is 1. The molecule has 0 aromatic carbocycles. The van der Waals surface area contributed by atoms with Crippen LogP contribution in [0.1, 0.15) is 59.1 Å². The van der Waals surface area contributed by atoms with E-state index in [0.717, 1.165) is 61.6 Å². The van der Waals surface area contributed by atoms with Crippen LogP contribution in [0.15, 0.2) is 23.0 Å². The molecule has 2 aliphatic heterocycles. The molecule has 4 heterocycles. The van der Waals surface area contributed by atoms with Crippen LogP contribution < -0.4 is 10.9 Å². The molecule has 6 nitrogen and oxygen atoms in total. The highest BCUT2D eigenvalue weighted by Crippen LogP contribution is 2.41. The molecule has 32 heavy (non-hydrogen) atoms. The van der Waals surface area contributed by atoms with Crippen molar-refractivity contribution in [3.8, 4) is 0 Å². The van der Waals surface area contributed by atoms with Gasteiger partial charge in [0, 0.05) is 42.2 Å². The van der Waals surface area contributed by atoms with Crippen molar-refractivity contribution in [1.29, 1.82) is 0 Å². The number of aromatic nitrogens is 1. The van der Waals surface area contributed by atoms with Crippen LogP contribution in [0.4, 0.5) is 5.00 Å². The van der Waals surface area contributed by atoms with E-state index >= 15 is 0 Å². The molecule has 5 rings (SSSR count). The highest BCUT2D eigenvalue weighted by molar-refractivity contribution is 7.80. The average Bonchev–Trinajstić information content (AvgIpc) is 3.11. The van der Waals surface area contributed by atoms with Gasteiger partial charge in [0.25, 0.3) is 5.56 Å². The number of nitrogens with one attached hydrogen (secondary N) is 1. The number of fused-ring (bicyclic) bond motifs is 5. The van der Waals surface area contributed by atoms with E-state index in [0.29, 0.717) is 29.1 Å². The third kappa shape index (κ3) is 3.88. The minimum Gasteiger partial charge on any atom is -0.462 e. The van der Waals surface area contributed by atoms with Gasteiger partial charge in [-0.05, 0) is 68.3 Å². The highest BCUT2D eigenvalue weighted by Gasteiger charge is 2.36. The number of rotatable bonds is 3. The number of anilines is 1. The normalized spacial score (nSPS) is 23.8. The lowest BCUT2D eigenvalue weighted by Gasteiger charge is -2.43. The van der Waals surface area contributed by atoms with Crippen molar-refractivity contribution in [2.45, 2.75) is 52.0 Å². The molecule has 1 fully saturated rings. The van der Waals surface area contributed by atoms with Gasteiger partial charge in [0.15, 0.2) is 5.11 Å². The summed E-state index contributed by atoms with van der Waals surface area (Å²) in [6.07, 6.45) is 4.09. The monoisotopic (exact) mass is 471 g/mol. The molecule has 1 N–H and O–H groups in total. The molecule has 0 saturated carbocycles. The summed E-state index contributed by atoms with van der Waals surface area (Å²) in [6.45, 7) is 6.80. The van der Waals surface area contributed by atoms with Crippen LogP contribution in [-0.2, 0) is 24.1 Å². The Morgan fingerprint density at radius 2 is 2.16 bits per heavy atom. The number of thiophene rings is 1. The SMILES string of the molecule is CCOC(=O)c1c(NC(=S)N2C[C@@H]3C[C@H](C2)c2cccc(=O)n2C3)sc2c1CC[C@@H](C)C2. The third-order valence-corrected chi connectivity index (χ3v) is 8.51. The van der Waals surface area contributed by atoms with Gasteiger partial charge >= 0.3 is 5.97 Å². The Hall–Kier alpha value is -2.19. The van der Waals surface area contributed by atoms with Gasteiger partial charge in [-0.25, -0.2) is 4.79 Å². The number of hydrogen-bond donors (Lipinski definition) is 1. The molecule has 2 aromatic heterocycles. The molecule has 0 radical (unpaired) electrons. The minimum atomic E-state index is -0.256. The number of nitrogens with zero attached hydrogens (tertiary/aromatic N) is 2. The van der Waals surface area contributed by atoms with Crippen molar-refractivity contribution in [2.75, 3.05) is 25.0 Å². The number of carbonyl (C=O) groups is 1. The smallest absolute Gasteiger partial charge is 0.341 e. The van der Waals surface area contributed by atoms with Crippen molar-refractivity contribution in [2.24, 2.45) is 11.8 Å². The Balaban J connectivity index is 1.39. The van der Waals surface area contributed by atoms with Gasteiger partial charge in [0.1, 0.15) is 5.00 Å². The van der Waals surface area contributed by atoms with Gasteiger partial charge in [0.2, 0.25) is 0 Å². The molecule has 0 amide bonds. The largest absolute Gasteiger partial charge is 0.462 e. The first-order chi connectivity index (χ1) is 15.4. The second-order valence-corrected chi connectivity index (χ2v) is 10.8. The van der Waals surface area contributed by atoms with E-state index in [1.54, 1.807) is 17.4 Å². The molecule has 1 saturated heterocycles. The Morgan fingerprint density at radius 3 is 2.97 bits per heavy atom. The lowest BCUT2D eigenvalue weighted by atomic mass is 9.83. The molecular formula is C24H29N3O3S2. The molecule has 170 valence electrons. The summed E-state index contributed by atoms with van der Waals surface area (Å²) in [5.74, 6) is 1.05. The lowest BCUT2D eigenvalue weighted by Crippen LogP contribution is -2.50. The summed E-state index contributed by atoms with van der Waals surface area (Å²) in [4.78, 5) is 28.6. The molecular weight excluding hydrogens is 442 g/mol. The van der Waals surface area contributed by atoms with E-state index in [1.165, 1.54) is 4.88 Å². The van der Waals surface area contributed by atoms with E-state index in [9.17, 15) is 9.59 Å². The number of esters is 1. The van der Waals surface area contributed by atoms with Crippen LogP contribution in [0.25, 0.3) is 0 Å². The number of likely N-dealkylation sites (tertiary alicyclic amines) is 1. The van der Waals surface area contributed by atoms with Gasteiger partial charge in [-0.2, -0.15) is 0 Å². The lowest BCUT2D eigenvalue weighted by molar-refractivity contribution is 0.0526. The fourth-order valence-electron chi connectivity index (χ4n) is 5.50.